The summed E-state index contributed by atoms with van der Waals surface area (Å²) in [6.07, 6.45) is 2.48. The summed E-state index contributed by atoms with van der Waals surface area (Å²) in [5.41, 5.74) is 9.74. The SMILES string of the molecule is COc1ccc(CCN)cc1OC.COc1nc(Cl)cc(Cl)n1.COc1nc(Cl)cc(NCCc2ccc(OC)c(OC)c2)n1.COc1nc(NCCc2ccc(OC)c(OC)c2)cc(-c2cccs2)n1. The van der Waals surface area contributed by atoms with Gasteiger partial charge in [0.05, 0.1) is 74.6 Å². The van der Waals surface area contributed by atoms with Crippen molar-refractivity contribution in [1.82, 2.24) is 29.9 Å². The van der Waals surface area contributed by atoms with Crippen LogP contribution in [0.3, 0.4) is 0 Å². The van der Waals surface area contributed by atoms with E-state index in [1.807, 2.05) is 78.2 Å². The fraction of sp³-hybridized carbons (Fsp3) is 0.306. The van der Waals surface area contributed by atoms with Crippen LogP contribution in [0.25, 0.3) is 10.6 Å². The first-order valence-electron chi connectivity index (χ1n) is 21.5. The lowest BCUT2D eigenvalue weighted by molar-refractivity contribution is 0.354. The molecule has 3 aromatic carbocycles. The van der Waals surface area contributed by atoms with E-state index in [2.05, 4.69) is 45.3 Å². The zero-order valence-electron chi connectivity index (χ0n) is 40.9. The first kappa shape index (κ1) is 56.8. The minimum atomic E-state index is 0.178. The van der Waals surface area contributed by atoms with E-state index >= 15 is 0 Å². The summed E-state index contributed by atoms with van der Waals surface area (Å²) in [7, 11) is 14.3. The Morgan fingerprint density at radius 2 is 0.831 bits per heavy atom. The van der Waals surface area contributed by atoms with Gasteiger partial charge in [-0.25, -0.2) is 0 Å². The quantitative estimate of drug-likeness (QED) is 0.0607. The van der Waals surface area contributed by atoms with Crippen molar-refractivity contribution in [2.75, 3.05) is 94.3 Å². The van der Waals surface area contributed by atoms with Crippen LogP contribution >= 0.6 is 46.1 Å². The van der Waals surface area contributed by atoms with E-state index in [0.717, 1.165) is 76.3 Å². The van der Waals surface area contributed by atoms with Crippen LogP contribution in [0.1, 0.15) is 16.7 Å². The topological polar surface area (TPSA) is 210 Å². The molecular formula is C49H58Cl3N9O9S. The van der Waals surface area contributed by atoms with Gasteiger partial charge in [0.2, 0.25) is 0 Å². The van der Waals surface area contributed by atoms with E-state index in [4.69, 9.17) is 78.4 Å². The average Bonchev–Trinajstić information content (AvgIpc) is 3.94. The summed E-state index contributed by atoms with van der Waals surface area (Å²) in [5, 5.41) is 9.43. The molecule has 0 saturated carbocycles. The van der Waals surface area contributed by atoms with Gasteiger partial charge in [-0.1, -0.05) is 59.1 Å². The number of nitrogens with one attached hydrogen (secondary N) is 2. The fourth-order valence-corrected chi connectivity index (χ4v) is 7.41. The number of ether oxygens (including phenoxy) is 9. The van der Waals surface area contributed by atoms with E-state index in [9.17, 15) is 0 Å². The number of hydrogen-bond acceptors (Lipinski definition) is 19. The molecule has 0 unspecified atom stereocenters. The second-order valence-corrected chi connectivity index (χ2v) is 16.2. The molecule has 7 rings (SSSR count). The Bertz CT molecular complexity index is 2670. The zero-order valence-corrected chi connectivity index (χ0v) is 44.0. The molecule has 4 N–H and O–H groups in total. The molecule has 0 fully saturated rings. The average molecular weight is 1060 g/mol. The lowest BCUT2D eigenvalue weighted by Gasteiger charge is -2.11. The number of thiophene rings is 1. The highest BCUT2D eigenvalue weighted by molar-refractivity contribution is 7.13. The second-order valence-electron chi connectivity index (χ2n) is 14.1. The van der Waals surface area contributed by atoms with E-state index < -0.39 is 0 Å². The first-order chi connectivity index (χ1) is 34.4. The smallest absolute Gasteiger partial charge is 0.319 e. The van der Waals surface area contributed by atoms with Crippen molar-refractivity contribution in [3.05, 3.63) is 122 Å². The third-order valence-corrected chi connectivity index (χ3v) is 11.0. The van der Waals surface area contributed by atoms with E-state index in [0.29, 0.717) is 41.6 Å². The van der Waals surface area contributed by atoms with Crippen LogP contribution in [-0.4, -0.2) is 114 Å². The molecule has 380 valence electrons. The number of methoxy groups -OCH3 is 9. The summed E-state index contributed by atoms with van der Waals surface area (Å²) < 4.78 is 46.3. The molecule has 0 aliphatic heterocycles. The highest BCUT2D eigenvalue weighted by Crippen LogP contribution is 2.31. The molecule has 0 bridgehead atoms. The number of nitrogens with zero attached hydrogens (tertiary/aromatic N) is 6. The van der Waals surface area contributed by atoms with Crippen molar-refractivity contribution in [3.8, 4) is 63.1 Å². The third-order valence-electron chi connectivity index (χ3n) is 9.56. The first-order valence-corrected chi connectivity index (χ1v) is 23.5. The van der Waals surface area contributed by atoms with Gasteiger partial charge in [0.1, 0.15) is 27.1 Å². The minimum Gasteiger partial charge on any atom is -0.493 e. The Morgan fingerprint density at radius 1 is 0.437 bits per heavy atom. The Kier molecular flexibility index (Phi) is 24.6. The highest BCUT2D eigenvalue weighted by atomic mass is 35.5. The second kappa shape index (κ2) is 30.8. The van der Waals surface area contributed by atoms with Crippen molar-refractivity contribution >= 4 is 57.8 Å². The van der Waals surface area contributed by atoms with Gasteiger partial charge in [0, 0.05) is 31.3 Å². The maximum absolute atomic E-state index is 5.90. The predicted octanol–water partition coefficient (Wildman–Crippen LogP) is 9.69. The summed E-state index contributed by atoms with van der Waals surface area (Å²) >= 11 is 18.6. The lowest BCUT2D eigenvalue weighted by atomic mass is 10.1. The van der Waals surface area contributed by atoms with E-state index in [1.165, 1.54) is 25.8 Å². The van der Waals surface area contributed by atoms with Crippen LogP contribution < -0.4 is 59.0 Å². The molecule has 0 aliphatic carbocycles. The third kappa shape index (κ3) is 18.8. The van der Waals surface area contributed by atoms with Gasteiger partial charge < -0.3 is 59.0 Å². The van der Waals surface area contributed by atoms with Crippen molar-refractivity contribution in [2.45, 2.75) is 19.3 Å². The maximum atomic E-state index is 5.90. The largest absolute Gasteiger partial charge is 0.493 e. The van der Waals surface area contributed by atoms with Gasteiger partial charge in [-0.3, -0.25) is 0 Å². The number of anilines is 2. The van der Waals surface area contributed by atoms with E-state index in [-0.39, 0.29) is 22.3 Å². The van der Waals surface area contributed by atoms with E-state index in [1.54, 1.807) is 67.2 Å². The molecule has 0 atom stereocenters. The standard InChI is InChI=1S/C19H21N3O3S.C15H18ClN3O3.C10H15NO2.C5H4Cl2N2O/c1-23-15-7-6-13(11-16(15)24-2)8-9-20-18-12-14(17-5-4-10-26-17)21-19(22-18)25-3;1-20-11-5-4-10(8-12(11)21-2)6-7-17-14-9-13(16)18-15(19-14)22-3;1-12-9-4-3-8(5-6-11)7-10(9)13-2;1-10-5-8-3(6)2-4(7)9-5/h4-7,10-12H,8-9H2,1-3H3,(H,20,21,22);4-5,8-9H,6-7H2,1-3H3,(H,17,18,19);3-4,7H,5-6,11H2,1-2H3;2H,1H3. The molecule has 0 radical (unpaired) electrons. The van der Waals surface area contributed by atoms with Crippen molar-refractivity contribution < 1.29 is 42.6 Å². The summed E-state index contributed by atoms with van der Waals surface area (Å²) in [6.45, 7) is 2.06. The highest BCUT2D eigenvalue weighted by Gasteiger charge is 2.10. The van der Waals surface area contributed by atoms with Crippen molar-refractivity contribution in [3.63, 3.8) is 0 Å². The maximum Gasteiger partial charge on any atom is 0.319 e. The minimum absolute atomic E-state index is 0.178. The fourth-order valence-electron chi connectivity index (χ4n) is 6.14. The monoisotopic (exact) mass is 1050 g/mol. The number of hydrogen-bond donors (Lipinski definition) is 3. The van der Waals surface area contributed by atoms with Crippen molar-refractivity contribution in [1.29, 1.82) is 0 Å². The molecule has 4 aromatic heterocycles. The number of halogens is 3. The summed E-state index contributed by atoms with van der Waals surface area (Å²) in [5.74, 6) is 5.76. The van der Waals surface area contributed by atoms with Gasteiger partial charge in [-0.15, -0.1) is 11.3 Å². The summed E-state index contributed by atoms with van der Waals surface area (Å²) in [6, 6.07) is 27.4. The molecule has 0 amide bonds. The summed E-state index contributed by atoms with van der Waals surface area (Å²) in [4.78, 5) is 25.3. The van der Waals surface area contributed by atoms with Crippen molar-refractivity contribution in [2.24, 2.45) is 5.73 Å². The lowest BCUT2D eigenvalue weighted by Crippen LogP contribution is -2.08. The zero-order chi connectivity index (χ0) is 51.5. The number of benzene rings is 3. The number of aromatic nitrogens is 6. The van der Waals surface area contributed by atoms with Gasteiger partial charge in [0.25, 0.3) is 0 Å². The molecule has 0 saturated heterocycles. The Labute approximate surface area is 433 Å². The molecule has 22 heteroatoms. The Balaban J connectivity index is 0.000000219. The molecule has 0 spiro atoms. The van der Waals surface area contributed by atoms with Crippen LogP contribution in [-0.2, 0) is 19.3 Å². The normalized spacial score (nSPS) is 10.1. The van der Waals surface area contributed by atoms with Crippen LogP contribution in [0.5, 0.6) is 52.5 Å². The molecule has 18 nitrogen and oxygen atoms in total. The van der Waals surface area contributed by atoms with Crippen LogP contribution in [0.2, 0.25) is 15.5 Å². The van der Waals surface area contributed by atoms with Gasteiger partial charge in [-0.2, -0.15) is 29.9 Å². The molecule has 0 aliphatic rings. The van der Waals surface area contributed by atoms with Crippen LogP contribution in [0, 0.1) is 0 Å². The van der Waals surface area contributed by atoms with Crippen LogP contribution in [0.15, 0.2) is 90.3 Å². The predicted molar refractivity (Wildman–Crippen MR) is 280 cm³/mol. The number of rotatable bonds is 20. The molecule has 71 heavy (non-hydrogen) atoms. The van der Waals surface area contributed by atoms with Gasteiger partial charge in [-0.05, 0) is 90.3 Å². The van der Waals surface area contributed by atoms with Crippen LogP contribution in [0.4, 0.5) is 11.6 Å². The van der Waals surface area contributed by atoms with Gasteiger partial charge >= 0.3 is 18.0 Å². The Hall–Kier alpha value is -6.77. The molecule has 4 heterocycles. The molecule has 7 aromatic rings. The molecular weight excluding hydrogens is 997 g/mol. The Morgan fingerprint density at radius 3 is 1.23 bits per heavy atom. The van der Waals surface area contributed by atoms with Gasteiger partial charge in [0.15, 0.2) is 34.5 Å². The number of nitrogens with two attached hydrogens (primary N) is 1.